The molecule has 0 aromatic heterocycles. The summed E-state index contributed by atoms with van der Waals surface area (Å²) in [5.41, 5.74) is 4.28. The number of anilines is 4. The fourth-order valence-electron chi connectivity index (χ4n) is 3.97. The van der Waals surface area contributed by atoms with Crippen LogP contribution in [0.3, 0.4) is 0 Å². The number of thiocarbonyl (C=S) groups is 1. The van der Waals surface area contributed by atoms with Crippen molar-refractivity contribution >= 4 is 57.0 Å². The maximum atomic E-state index is 12.8. The zero-order valence-electron chi connectivity index (χ0n) is 17.5. The van der Waals surface area contributed by atoms with Crippen LogP contribution in [0.15, 0.2) is 108 Å². The van der Waals surface area contributed by atoms with Gasteiger partial charge in [-0.3, -0.25) is 19.5 Å². The Hall–Kier alpha value is -3.35. The van der Waals surface area contributed by atoms with Gasteiger partial charge >= 0.3 is 0 Å². The zero-order valence-corrected chi connectivity index (χ0v) is 19.1. The van der Waals surface area contributed by atoms with Gasteiger partial charge in [0.1, 0.15) is 10.1 Å². The van der Waals surface area contributed by atoms with Crippen molar-refractivity contribution in [3.8, 4) is 0 Å². The van der Waals surface area contributed by atoms with E-state index in [2.05, 4.69) is 46.2 Å². The number of likely N-dealkylation sites (N-methyl/N-ethyl adjacent to an activating group) is 1. The lowest BCUT2D eigenvalue weighted by Crippen LogP contribution is -2.27. The molecule has 0 saturated carbocycles. The summed E-state index contributed by atoms with van der Waals surface area (Å²) in [6, 6.07) is 28.9. The largest absolute Gasteiger partial charge is 0.294 e. The van der Waals surface area contributed by atoms with Gasteiger partial charge < -0.3 is 0 Å². The van der Waals surface area contributed by atoms with E-state index in [0.29, 0.717) is 15.8 Å². The molecule has 3 aromatic carbocycles. The highest BCUT2D eigenvalue weighted by atomic mass is 32.2. The molecule has 1 saturated heterocycles. The molecular formula is C26H21N3OS2. The molecule has 0 N–H and O–H groups in total. The molecule has 32 heavy (non-hydrogen) atoms. The number of hydrogen-bond donors (Lipinski definition) is 0. The average Bonchev–Trinajstić information content (AvgIpc) is 3.31. The molecule has 1 fully saturated rings. The quantitative estimate of drug-likeness (QED) is 0.327. The fraction of sp³-hybridized carbons (Fsp3) is 0.0769. The number of amides is 1. The predicted octanol–water partition coefficient (Wildman–Crippen LogP) is 6.58. The third-order valence-electron chi connectivity index (χ3n) is 5.42. The summed E-state index contributed by atoms with van der Waals surface area (Å²) in [5.74, 6) is 0.915. The summed E-state index contributed by atoms with van der Waals surface area (Å²) in [4.78, 5) is 19.5. The van der Waals surface area contributed by atoms with Crippen LogP contribution in [0.5, 0.6) is 0 Å². The molecule has 0 bridgehead atoms. The van der Waals surface area contributed by atoms with Crippen LogP contribution in [0.4, 0.5) is 22.7 Å². The van der Waals surface area contributed by atoms with E-state index >= 15 is 0 Å². The number of thioether (sulfide) groups is 1. The second-order valence-electron chi connectivity index (χ2n) is 7.30. The number of fused-ring (bicyclic) bond motifs is 1. The second-order valence-corrected chi connectivity index (χ2v) is 8.98. The van der Waals surface area contributed by atoms with E-state index < -0.39 is 0 Å². The highest BCUT2D eigenvalue weighted by Crippen LogP contribution is 2.49. The van der Waals surface area contributed by atoms with Crippen molar-refractivity contribution < 1.29 is 4.79 Å². The standard InChI is InChI=1S/C26H21N3OS2/c1-2-27-25(30)23(32-26(27)31)17-18-24-28(19-11-5-3-6-12-19)21-15-9-10-16-22(21)29(24)20-13-7-4-8-14-20/h3-18H,2H2,1H3/b23-17+. The van der Waals surface area contributed by atoms with Crippen molar-refractivity contribution in [2.45, 2.75) is 6.92 Å². The van der Waals surface area contributed by atoms with Gasteiger partial charge in [-0.25, -0.2) is 0 Å². The zero-order chi connectivity index (χ0) is 22.1. The minimum Gasteiger partial charge on any atom is -0.294 e. The van der Waals surface area contributed by atoms with E-state index in [9.17, 15) is 4.79 Å². The number of carbonyl (C=O) groups excluding carboxylic acids is 1. The predicted molar refractivity (Wildman–Crippen MR) is 137 cm³/mol. The van der Waals surface area contributed by atoms with Crippen molar-refractivity contribution in [1.29, 1.82) is 0 Å². The molecule has 2 heterocycles. The summed E-state index contributed by atoms with van der Waals surface area (Å²) in [7, 11) is 0. The molecule has 5 rings (SSSR count). The molecule has 2 aliphatic heterocycles. The Kier molecular flexibility index (Phi) is 5.55. The van der Waals surface area contributed by atoms with Gasteiger partial charge in [-0.05, 0) is 55.5 Å². The Morgan fingerprint density at radius 3 is 1.75 bits per heavy atom. The van der Waals surface area contributed by atoms with Crippen LogP contribution in [-0.2, 0) is 4.79 Å². The van der Waals surface area contributed by atoms with E-state index in [4.69, 9.17) is 12.2 Å². The highest BCUT2D eigenvalue weighted by molar-refractivity contribution is 8.26. The van der Waals surface area contributed by atoms with Crippen molar-refractivity contribution in [3.05, 3.63) is 108 Å². The Labute approximate surface area is 197 Å². The fourth-order valence-corrected chi connectivity index (χ4v) is 5.30. The summed E-state index contributed by atoms with van der Waals surface area (Å²) in [6.07, 6.45) is 3.91. The maximum absolute atomic E-state index is 12.8. The number of carbonyl (C=O) groups is 1. The Balaban J connectivity index is 1.68. The van der Waals surface area contributed by atoms with E-state index in [0.717, 1.165) is 28.6 Å². The van der Waals surface area contributed by atoms with Gasteiger partial charge in [0.2, 0.25) is 0 Å². The molecule has 158 valence electrons. The lowest BCUT2D eigenvalue weighted by atomic mass is 10.2. The molecule has 0 spiro atoms. The van der Waals surface area contributed by atoms with E-state index in [-0.39, 0.29) is 5.91 Å². The molecule has 0 aliphatic carbocycles. The van der Waals surface area contributed by atoms with Crippen LogP contribution in [0, 0.1) is 0 Å². The third kappa shape index (κ3) is 3.51. The molecule has 3 aromatic rings. The van der Waals surface area contributed by atoms with Crippen LogP contribution >= 0.6 is 24.0 Å². The van der Waals surface area contributed by atoms with Crippen molar-refractivity contribution in [3.63, 3.8) is 0 Å². The smallest absolute Gasteiger partial charge is 0.266 e. The molecule has 0 radical (unpaired) electrons. The number of benzene rings is 3. The highest BCUT2D eigenvalue weighted by Gasteiger charge is 2.34. The minimum atomic E-state index is -0.0348. The Bertz CT molecular complexity index is 1170. The van der Waals surface area contributed by atoms with Gasteiger partial charge in [-0.2, -0.15) is 0 Å². The Morgan fingerprint density at radius 2 is 1.28 bits per heavy atom. The monoisotopic (exact) mass is 455 g/mol. The van der Waals surface area contributed by atoms with Crippen molar-refractivity contribution in [2.75, 3.05) is 16.3 Å². The SMILES string of the molecule is CCN1C(=O)/C(=C\C=C2N(c3ccccc3)c3ccccc3N2c2ccccc2)SC1=S. The van der Waals surface area contributed by atoms with Crippen LogP contribution in [0.2, 0.25) is 0 Å². The minimum absolute atomic E-state index is 0.0348. The van der Waals surface area contributed by atoms with Crippen LogP contribution in [-0.4, -0.2) is 21.7 Å². The number of hydrogen-bond acceptors (Lipinski definition) is 5. The molecule has 6 heteroatoms. The molecular weight excluding hydrogens is 434 g/mol. The lowest BCUT2D eigenvalue weighted by Gasteiger charge is -2.25. The third-order valence-corrected chi connectivity index (χ3v) is 6.82. The van der Waals surface area contributed by atoms with Crippen molar-refractivity contribution in [2.24, 2.45) is 0 Å². The molecule has 2 aliphatic rings. The number of para-hydroxylation sites is 4. The number of allylic oxidation sites excluding steroid dienone is 2. The van der Waals surface area contributed by atoms with E-state index in [1.54, 1.807) is 4.90 Å². The van der Waals surface area contributed by atoms with Crippen LogP contribution < -0.4 is 9.80 Å². The second kappa shape index (κ2) is 8.65. The first kappa shape index (κ1) is 20.5. The van der Waals surface area contributed by atoms with Gasteiger partial charge in [-0.1, -0.05) is 72.5 Å². The topological polar surface area (TPSA) is 26.8 Å². The lowest BCUT2D eigenvalue weighted by molar-refractivity contribution is -0.122. The summed E-state index contributed by atoms with van der Waals surface area (Å²) in [5, 5.41) is 0. The molecule has 0 unspecified atom stereocenters. The first-order valence-corrected chi connectivity index (χ1v) is 11.7. The van der Waals surface area contributed by atoms with Crippen LogP contribution in [0.25, 0.3) is 0 Å². The number of nitrogens with zero attached hydrogens (tertiary/aromatic N) is 3. The summed E-state index contributed by atoms with van der Waals surface area (Å²) >= 11 is 6.74. The summed E-state index contributed by atoms with van der Waals surface area (Å²) in [6.45, 7) is 2.52. The summed E-state index contributed by atoms with van der Waals surface area (Å²) < 4.78 is 0.608. The maximum Gasteiger partial charge on any atom is 0.266 e. The molecule has 0 atom stereocenters. The van der Waals surface area contributed by atoms with Gasteiger partial charge in [0.05, 0.1) is 16.3 Å². The van der Waals surface area contributed by atoms with E-state index in [1.165, 1.54) is 11.8 Å². The molecule has 4 nitrogen and oxygen atoms in total. The van der Waals surface area contributed by atoms with Gasteiger partial charge in [0, 0.05) is 17.9 Å². The van der Waals surface area contributed by atoms with Gasteiger partial charge in [0.15, 0.2) is 0 Å². The van der Waals surface area contributed by atoms with Gasteiger partial charge in [-0.15, -0.1) is 0 Å². The average molecular weight is 456 g/mol. The number of rotatable bonds is 4. The first-order valence-electron chi connectivity index (χ1n) is 10.4. The first-order chi connectivity index (χ1) is 15.7. The van der Waals surface area contributed by atoms with Gasteiger partial charge in [0.25, 0.3) is 5.91 Å². The van der Waals surface area contributed by atoms with E-state index in [1.807, 2.05) is 67.6 Å². The Morgan fingerprint density at radius 1 is 0.781 bits per heavy atom. The van der Waals surface area contributed by atoms with Crippen LogP contribution in [0.1, 0.15) is 6.92 Å². The normalized spacial score (nSPS) is 16.8. The van der Waals surface area contributed by atoms with Crippen molar-refractivity contribution in [1.82, 2.24) is 4.90 Å². The molecule has 1 amide bonds.